The van der Waals surface area contributed by atoms with Crippen molar-refractivity contribution in [1.29, 1.82) is 0 Å². The molecule has 1 unspecified atom stereocenters. The topological polar surface area (TPSA) is 61.4 Å². The van der Waals surface area contributed by atoms with E-state index in [2.05, 4.69) is 17.6 Å². The summed E-state index contributed by atoms with van der Waals surface area (Å²) in [5, 5.41) is 6.72. The largest absolute Gasteiger partial charge is 0.341 e. The smallest absolute Gasteiger partial charge is 0.251 e. The summed E-state index contributed by atoms with van der Waals surface area (Å²) in [5.41, 5.74) is 0.503. The first-order chi connectivity index (χ1) is 11.5. The summed E-state index contributed by atoms with van der Waals surface area (Å²) >= 11 is 5.82. The first-order valence-electron chi connectivity index (χ1n) is 8.57. The van der Waals surface area contributed by atoms with Crippen molar-refractivity contribution < 1.29 is 9.59 Å². The lowest BCUT2D eigenvalue weighted by Gasteiger charge is -2.33. The van der Waals surface area contributed by atoms with Crippen LogP contribution in [-0.2, 0) is 4.79 Å². The van der Waals surface area contributed by atoms with Gasteiger partial charge in [0, 0.05) is 23.7 Å². The van der Waals surface area contributed by atoms with Crippen molar-refractivity contribution in [3.05, 3.63) is 34.9 Å². The Morgan fingerprint density at radius 2 is 1.88 bits per heavy atom. The van der Waals surface area contributed by atoms with E-state index in [1.54, 1.807) is 31.2 Å². The van der Waals surface area contributed by atoms with Crippen LogP contribution in [0.25, 0.3) is 0 Å². The van der Waals surface area contributed by atoms with Crippen LogP contribution in [0.5, 0.6) is 0 Å². The van der Waals surface area contributed by atoms with E-state index in [4.69, 9.17) is 11.6 Å². The van der Waals surface area contributed by atoms with E-state index >= 15 is 0 Å². The molecule has 1 fully saturated rings. The molecule has 1 atom stereocenters. The highest BCUT2D eigenvalue weighted by atomic mass is 35.5. The minimum Gasteiger partial charge on any atom is -0.341 e. The number of hydrogen-bond donors (Lipinski definition) is 2. The number of halogens is 1. The Hall–Kier alpha value is -1.59. The van der Waals surface area contributed by atoms with Gasteiger partial charge in [0.2, 0.25) is 5.91 Å². The predicted octanol–water partition coefficient (Wildman–Crippen LogP) is 2.31. The number of hydrogen-bond acceptors (Lipinski definition) is 3. The summed E-state index contributed by atoms with van der Waals surface area (Å²) in [6.07, 6.45) is 2.02. The first-order valence-corrected chi connectivity index (χ1v) is 8.95. The second-order valence-electron chi connectivity index (χ2n) is 6.28. The first kappa shape index (κ1) is 18.7. The van der Waals surface area contributed by atoms with Gasteiger partial charge in [0.1, 0.15) is 6.04 Å². The van der Waals surface area contributed by atoms with Crippen LogP contribution >= 0.6 is 11.6 Å². The van der Waals surface area contributed by atoms with Gasteiger partial charge in [0.15, 0.2) is 0 Å². The van der Waals surface area contributed by atoms with Gasteiger partial charge in [0.05, 0.1) is 0 Å². The molecule has 1 aliphatic rings. The maximum absolute atomic E-state index is 12.5. The Labute approximate surface area is 148 Å². The van der Waals surface area contributed by atoms with Crippen molar-refractivity contribution in [2.75, 3.05) is 26.2 Å². The average Bonchev–Trinajstić information content (AvgIpc) is 2.60. The van der Waals surface area contributed by atoms with E-state index in [1.165, 1.54) is 0 Å². The third kappa shape index (κ3) is 5.21. The zero-order valence-corrected chi connectivity index (χ0v) is 15.1. The number of piperidine rings is 1. The molecule has 1 aromatic carbocycles. The summed E-state index contributed by atoms with van der Waals surface area (Å²) in [4.78, 5) is 26.6. The molecule has 0 saturated carbocycles. The molecule has 0 bridgehead atoms. The quantitative estimate of drug-likeness (QED) is 0.826. The molecule has 2 amide bonds. The maximum Gasteiger partial charge on any atom is 0.251 e. The number of carbonyl (C=O) groups excluding carboxylic acids is 2. The average molecular weight is 352 g/mol. The van der Waals surface area contributed by atoms with E-state index in [1.807, 2.05) is 4.90 Å². The van der Waals surface area contributed by atoms with Gasteiger partial charge in [0.25, 0.3) is 5.91 Å². The molecular formula is C18H26ClN3O2. The monoisotopic (exact) mass is 351 g/mol. The second-order valence-corrected chi connectivity index (χ2v) is 6.71. The van der Waals surface area contributed by atoms with Crippen molar-refractivity contribution in [1.82, 2.24) is 15.5 Å². The molecule has 24 heavy (non-hydrogen) atoms. The van der Waals surface area contributed by atoms with Crippen LogP contribution in [0.1, 0.15) is 37.0 Å². The lowest BCUT2D eigenvalue weighted by atomic mass is 9.96. The zero-order chi connectivity index (χ0) is 17.5. The van der Waals surface area contributed by atoms with Crippen molar-refractivity contribution in [3.8, 4) is 0 Å². The summed E-state index contributed by atoms with van der Waals surface area (Å²) in [5.74, 6) is 0.363. The SMILES string of the molecule is CCNCC1CCN(C(=O)C(C)NC(=O)c2ccc(Cl)cc2)CC1. The third-order valence-electron chi connectivity index (χ3n) is 4.43. The van der Waals surface area contributed by atoms with Gasteiger partial charge in [-0.1, -0.05) is 18.5 Å². The van der Waals surface area contributed by atoms with Crippen LogP contribution in [0.4, 0.5) is 0 Å². The number of carbonyl (C=O) groups is 2. The van der Waals surface area contributed by atoms with Crippen molar-refractivity contribution in [3.63, 3.8) is 0 Å². The van der Waals surface area contributed by atoms with E-state index < -0.39 is 6.04 Å². The molecule has 1 saturated heterocycles. The summed E-state index contributed by atoms with van der Waals surface area (Å²) in [6, 6.07) is 6.11. The lowest BCUT2D eigenvalue weighted by Crippen LogP contribution is -2.50. The summed E-state index contributed by atoms with van der Waals surface area (Å²) < 4.78 is 0. The van der Waals surface area contributed by atoms with Gasteiger partial charge in [-0.05, 0) is 63.0 Å². The van der Waals surface area contributed by atoms with Crippen molar-refractivity contribution >= 4 is 23.4 Å². The number of benzene rings is 1. The van der Waals surface area contributed by atoms with Crippen LogP contribution in [0, 0.1) is 5.92 Å². The minimum atomic E-state index is -0.529. The highest BCUT2D eigenvalue weighted by Gasteiger charge is 2.26. The van der Waals surface area contributed by atoms with Crippen LogP contribution in [0.3, 0.4) is 0 Å². The minimum absolute atomic E-state index is 0.0146. The zero-order valence-electron chi connectivity index (χ0n) is 14.3. The molecule has 2 N–H and O–H groups in total. The Balaban J connectivity index is 1.82. The summed E-state index contributed by atoms with van der Waals surface area (Å²) in [7, 11) is 0. The predicted molar refractivity (Wildman–Crippen MR) is 96.2 cm³/mol. The molecule has 5 nitrogen and oxygen atoms in total. The molecule has 1 aromatic rings. The molecule has 1 heterocycles. The number of amides is 2. The number of rotatable bonds is 6. The van der Waals surface area contributed by atoms with Gasteiger partial charge < -0.3 is 15.5 Å². The van der Waals surface area contributed by atoms with Gasteiger partial charge in [-0.25, -0.2) is 0 Å². The fourth-order valence-corrected chi connectivity index (χ4v) is 3.05. The Morgan fingerprint density at radius 3 is 2.46 bits per heavy atom. The molecule has 1 aliphatic heterocycles. The summed E-state index contributed by atoms with van der Waals surface area (Å²) in [6.45, 7) is 7.35. The highest BCUT2D eigenvalue weighted by Crippen LogP contribution is 2.17. The number of nitrogens with zero attached hydrogens (tertiary/aromatic N) is 1. The van der Waals surface area contributed by atoms with Gasteiger partial charge in [-0.3, -0.25) is 9.59 Å². The molecular weight excluding hydrogens is 326 g/mol. The van der Waals surface area contributed by atoms with Crippen molar-refractivity contribution in [2.45, 2.75) is 32.7 Å². The van der Waals surface area contributed by atoms with E-state index in [-0.39, 0.29) is 11.8 Å². The van der Waals surface area contributed by atoms with Gasteiger partial charge in [-0.15, -0.1) is 0 Å². The van der Waals surface area contributed by atoms with E-state index in [0.29, 0.717) is 16.5 Å². The fourth-order valence-electron chi connectivity index (χ4n) is 2.92. The maximum atomic E-state index is 12.5. The lowest BCUT2D eigenvalue weighted by molar-refractivity contribution is -0.134. The molecule has 0 aliphatic carbocycles. The van der Waals surface area contributed by atoms with Crippen LogP contribution in [0.15, 0.2) is 24.3 Å². The molecule has 2 rings (SSSR count). The van der Waals surface area contributed by atoms with Gasteiger partial charge in [-0.2, -0.15) is 0 Å². The molecule has 0 aromatic heterocycles. The highest BCUT2D eigenvalue weighted by molar-refractivity contribution is 6.30. The van der Waals surface area contributed by atoms with Crippen LogP contribution in [0.2, 0.25) is 5.02 Å². The standard InChI is InChI=1S/C18H26ClN3O2/c1-3-20-12-14-8-10-22(11-9-14)18(24)13(2)21-17(23)15-4-6-16(19)7-5-15/h4-7,13-14,20H,3,8-12H2,1-2H3,(H,21,23). The van der Waals surface area contributed by atoms with Crippen LogP contribution < -0.4 is 10.6 Å². The molecule has 0 spiro atoms. The van der Waals surface area contributed by atoms with Crippen LogP contribution in [-0.4, -0.2) is 48.9 Å². The van der Waals surface area contributed by atoms with E-state index in [0.717, 1.165) is 39.0 Å². The second kappa shape index (κ2) is 9.04. The van der Waals surface area contributed by atoms with Gasteiger partial charge >= 0.3 is 0 Å². The number of nitrogens with one attached hydrogen (secondary N) is 2. The molecule has 0 radical (unpaired) electrons. The Kier molecular flexibility index (Phi) is 7.06. The van der Waals surface area contributed by atoms with Crippen molar-refractivity contribution in [2.24, 2.45) is 5.92 Å². The van der Waals surface area contributed by atoms with E-state index in [9.17, 15) is 9.59 Å². The Bertz CT molecular complexity index is 554. The third-order valence-corrected chi connectivity index (χ3v) is 4.69. The number of likely N-dealkylation sites (tertiary alicyclic amines) is 1. The normalized spacial score (nSPS) is 16.7. The Morgan fingerprint density at radius 1 is 1.25 bits per heavy atom. The fraction of sp³-hybridized carbons (Fsp3) is 0.556. The molecule has 6 heteroatoms. The molecule has 132 valence electrons.